The first kappa shape index (κ1) is 17.9. The Labute approximate surface area is 162 Å². The Morgan fingerprint density at radius 2 is 2.26 bits per heavy atom. The maximum Gasteiger partial charge on any atom is 0.346 e. The molecule has 0 unspecified atom stereocenters. The van der Waals surface area contributed by atoms with Crippen LogP contribution in [-0.2, 0) is 11.3 Å². The molecule has 0 atom stereocenters. The summed E-state index contributed by atoms with van der Waals surface area (Å²) in [4.78, 5) is 29.2. The molecule has 1 fully saturated rings. The summed E-state index contributed by atoms with van der Waals surface area (Å²) in [6.07, 6.45) is 5.21. The molecule has 1 saturated carbocycles. The maximum atomic E-state index is 12.8. The molecule has 0 bridgehead atoms. The third-order valence-corrected chi connectivity index (χ3v) is 5.77. The minimum Gasteiger partial charge on any atom is -0.299 e. The van der Waals surface area contributed by atoms with E-state index >= 15 is 0 Å². The number of hydrogen-bond acceptors (Lipinski definition) is 8. The van der Waals surface area contributed by atoms with Gasteiger partial charge in [-0.25, -0.2) is 9.48 Å². The molecule has 140 valence electrons. The van der Waals surface area contributed by atoms with Gasteiger partial charge in [0.05, 0.1) is 0 Å². The summed E-state index contributed by atoms with van der Waals surface area (Å²) >= 11 is 2.87. The summed E-state index contributed by atoms with van der Waals surface area (Å²) < 4.78 is 3.64. The summed E-state index contributed by atoms with van der Waals surface area (Å²) in [6.45, 7) is 1.84. The molecule has 3 heterocycles. The van der Waals surface area contributed by atoms with Crippen molar-refractivity contribution in [3.05, 3.63) is 35.0 Å². The predicted molar refractivity (Wildman–Crippen MR) is 103 cm³/mol. The van der Waals surface area contributed by atoms with Crippen LogP contribution in [0.25, 0.3) is 11.4 Å². The number of amides is 1. The highest BCUT2D eigenvalue weighted by Gasteiger charge is 2.30. The minimum atomic E-state index is -0.362. The molecule has 27 heavy (non-hydrogen) atoms. The lowest BCUT2D eigenvalue weighted by molar-refractivity contribution is -0.117. The van der Waals surface area contributed by atoms with Gasteiger partial charge in [0.15, 0.2) is 10.2 Å². The van der Waals surface area contributed by atoms with E-state index in [1.165, 1.54) is 16.0 Å². The van der Waals surface area contributed by atoms with E-state index in [0.717, 1.165) is 28.5 Å². The van der Waals surface area contributed by atoms with Gasteiger partial charge in [0.25, 0.3) is 0 Å². The second-order valence-corrected chi connectivity index (χ2v) is 8.45. The van der Waals surface area contributed by atoms with Crippen molar-refractivity contribution >= 4 is 34.1 Å². The van der Waals surface area contributed by atoms with Crippen molar-refractivity contribution < 1.29 is 4.79 Å². The average Bonchev–Trinajstić information content (AvgIpc) is 3.33. The zero-order chi connectivity index (χ0) is 18.8. The maximum absolute atomic E-state index is 12.8. The molecule has 0 radical (unpaired) electrons. The zero-order valence-electron chi connectivity index (χ0n) is 14.5. The first-order valence-corrected chi connectivity index (χ1v) is 10.3. The summed E-state index contributed by atoms with van der Waals surface area (Å²) in [7, 11) is 0. The van der Waals surface area contributed by atoms with Crippen molar-refractivity contribution in [1.29, 1.82) is 0 Å². The first-order chi connectivity index (χ1) is 13.2. The van der Waals surface area contributed by atoms with Crippen molar-refractivity contribution in [3.63, 3.8) is 0 Å². The number of anilines is 1. The monoisotopic (exact) mass is 403 g/mol. The number of pyridine rings is 1. The predicted octanol–water partition coefficient (Wildman–Crippen LogP) is 2.04. The third kappa shape index (κ3) is 3.93. The van der Waals surface area contributed by atoms with Crippen LogP contribution in [0.2, 0.25) is 0 Å². The van der Waals surface area contributed by atoms with Gasteiger partial charge in [0, 0.05) is 24.0 Å². The van der Waals surface area contributed by atoms with Crippen molar-refractivity contribution in [2.75, 3.05) is 11.1 Å². The van der Waals surface area contributed by atoms with Crippen LogP contribution in [0.5, 0.6) is 0 Å². The SMILES string of the molecule is CCSc1nnc(NC(=O)Cn2nc(-c3cccnc3)n(C3CC3)c2=O)s1. The number of thioether (sulfide) groups is 1. The lowest BCUT2D eigenvalue weighted by atomic mass is 10.3. The number of nitrogens with zero attached hydrogens (tertiary/aromatic N) is 6. The topological polar surface area (TPSA) is 108 Å². The van der Waals surface area contributed by atoms with Gasteiger partial charge in [0.2, 0.25) is 11.0 Å². The van der Waals surface area contributed by atoms with Gasteiger partial charge in [0.1, 0.15) is 6.54 Å². The Morgan fingerprint density at radius 1 is 1.41 bits per heavy atom. The number of aromatic nitrogens is 6. The van der Waals surface area contributed by atoms with Crippen LogP contribution in [0.3, 0.4) is 0 Å². The van der Waals surface area contributed by atoms with E-state index in [1.54, 1.807) is 34.8 Å². The van der Waals surface area contributed by atoms with Crippen molar-refractivity contribution in [2.45, 2.75) is 36.7 Å². The largest absolute Gasteiger partial charge is 0.346 e. The highest BCUT2D eigenvalue weighted by molar-refractivity contribution is 8.01. The molecule has 0 saturated heterocycles. The van der Waals surface area contributed by atoms with Crippen LogP contribution >= 0.6 is 23.1 Å². The van der Waals surface area contributed by atoms with Crippen LogP contribution in [0.4, 0.5) is 5.13 Å². The molecular weight excluding hydrogens is 386 g/mol. The second-order valence-electron chi connectivity index (χ2n) is 5.96. The quantitative estimate of drug-likeness (QED) is 0.475. The fourth-order valence-corrected chi connectivity index (χ4v) is 4.28. The highest BCUT2D eigenvalue weighted by Crippen LogP contribution is 2.36. The summed E-state index contributed by atoms with van der Waals surface area (Å²) in [6, 6.07) is 3.79. The second kappa shape index (κ2) is 7.61. The van der Waals surface area contributed by atoms with E-state index in [-0.39, 0.29) is 24.2 Å². The molecule has 3 aromatic heterocycles. The zero-order valence-corrected chi connectivity index (χ0v) is 16.2. The lowest BCUT2D eigenvalue weighted by Crippen LogP contribution is -2.30. The van der Waals surface area contributed by atoms with E-state index in [1.807, 2.05) is 13.0 Å². The summed E-state index contributed by atoms with van der Waals surface area (Å²) in [5, 5.41) is 15.4. The fraction of sp³-hybridized carbons (Fsp3) is 0.375. The van der Waals surface area contributed by atoms with Crippen LogP contribution in [0.15, 0.2) is 33.7 Å². The van der Waals surface area contributed by atoms with E-state index in [0.29, 0.717) is 11.0 Å². The molecule has 1 aliphatic rings. The van der Waals surface area contributed by atoms with Crippen LogP contribution in [0.1, 0.15) is 25.8 Å². The molecule has 0 aliphatic heterocycles. The van der Waals surface area contributed by atoms with Crippen molar-refractivity contribution in [1.82, 2.24) is 29.5 Å². The Balaban J connectivity index is 1.55. The molecule has 0 aromatic carbocycles. The molecule has 11 heteroatoms. The normalized spacial score (nSPS) is 13.7. The van der Waals surface area contributed by atoms with Gasteiger partial charge < -0.3 is 0 Å². The first-order valence-electron chi connectivity index (χ1n) is 8.51. The van der Waals surface area contributed by atoms with Gasteiger partial charge in [-0.2, -0.15) is 0 Å². The molecule has 3 aromatic rings. The number of rotatable bonds is 7. The Bertz CT molecular complexity index is 1010. The molecule has 4 rings (SSSR count). The summed E-state index contributed by atoms with van der Waals surface area (Å²) in [5.74, 6) is 1.06. The molecule has 1 aliphatic carbocycles. The van der Waals surface area contributed by atoms with Gasteiger partial charge in [-0.3, -0.25) is 19.7 Å². The molecular formula is C16H17N7O2S2. The minimum absolute atomic E-state index is 0.140. The van der Waals surface area contributed by atoms with Crippen molar-refractivity contribution in [2.24, 2.45) is 0 Å². The van der Waals surface area contributed by atoms with Gasteiger partial charge in [-0.15, -0.1) is 15.3 Å². The standard InChI is InChI=1S/C16H17N7O2S2/c1-2-26-15-20-19-14(27-15)18-12(24)9-22-16(25)23(11-5-6-11)13(21-22)10-4-3-7-17-8-10/h3-4,7-8,11H,2,5-6,9H2,1H3,(H,18,19,24). The van der Waals surface area contributed by atoms with E-state index in [9.17, 15) is 9.59 Å². The summed E-state index contributed by atoms with van der Waals surface area (Å²) in [5.41, 5.74) is 0.469. The Morgan fingerprint density at radius 3 is 2.96 bits per heavy atom. The average molecular weight is 403 g/mol. The van der Waals surface area contributed by atoms with E-state index in [4.69, 9.17) is 0 Å². The Kier molecular flexibility index (Phi) is 5.03. The molecule has 1 N–H and O–H groups in total. The fourth-order valence-electron chi connectivity index (χ4n) is 2.61. The van der Waals surface area contributed by atoms with Gasteiger partial charge in [-0.1, -0.05) is 30.0 Å². The van der Waals surface area contributed by atoms with Crippen LogP contribution < -0.4 is 11.0 Å². The van der Waals surface area contributed by atoms with Gasteiger partial charge >= 0.3 is 5.69 Å². The van der Waals surface area contributed by atoms with Crippen LogP contribution in [-0.4, -0.2) is 41.2 Å². The van der Waals surface area contributed by atoms with Gasteiger partial charge in [-0.05, 0) is 30.7 Å². The van der Waals surface area contributed by atoms with E-state index in [2.05, 4.69) is 25.6 Å². The molecule has 0 spiro atoms. The van der Waals surface area contributed by atoms with Crippen molar-refractivity contribution in [3.8, 4) is 11.4 Å². The molecule has 9 nitrogen and oxygen atoms in total. The van der Waals surface area contributed by atoms with E-state index < -0.39 is 0 Å². The third-order valence-electron chi connectivity index (χ3n) is 3.92. The number of nitrogens with one attached hydrogen (secondary N) is 1. The highest BCUT2D eigenvalue weighted by atomic mass is 32.2. The Hall–Kier alpha value is -2.53. The molecule has 1 amide bonds. The van der Waals surface area contributed by atoms with Crippen LogP contribution in [0, 0.1) is 0 Å². The number of carbonyl (C=O) groups is 1. The number of hydrogen-bond donors (Lipinski definition) is 1. The lowest BCUT2D eigenvalue weighted by Gasteiger charge is -2.02. The number of carbonyl (C=O) groups excluding carboxylic acids is 1. The smallest absolute Gasteiger partial charge is 0.299 e.